The van der Waals surface area contributed by atoms with Crippen LogP contribution in [-0.2, 0) is 0 Å². The normalized spacial score (nSPS) is 22.6. The molecule has 2 aliphatic rings. The van der Waals surface area contributed by atoms with Gasteiger partial charge in [-0.2, -0.15) is 0 Å². The summed E-state index contributed by atoms with van der Waals surface area (Å²) in [6.07, 6.45) is 10.7. The van der Waals surface area contributed by atoms with Crippen LogP contribution in [-0.4, -0.2) is 43.5 Å². The van der Waals surface area contributed by atoms with E-state index in [1.54, 1.807) is 0 Å². The Bertz CT molecular complexity index is 244. The lowest BCUT2D eigenvalue weighted by atomic mass is 10.2. The minimum atomic E-state index is 0.841. The van der Waals surface area contributed by atoms with Gasteiger partial charge in [0.1, 0.15) is 0 Å². The second-order valence-corrected chi connectivity index (χ2v) is 5.48. The molecule has 0 spiro atoms. The third-order valence-electron chi connectivity index (χ3n) is 4.12. The first-order chi connectivity index (χ1) is 8.36. The van der Waals surface area contributed by atoms with Crippen molar-refractivity contribution in [2.45, 2.75) is 57.4 Å². The molecule has 0 atom stereocenters. The number of amidine groups is 1. The molecule has 3 heteroatoms. The summed E-state index contributed by atoms with van der Waals surface area (Å²) in [6, 6.07) is 0.841. The van der Waals surface area contributed by atoms with Crippen LogP contribution < -0.4 is 5.32 Å². The molecule has 1 aliphatic carbocycles. The summed E-state index contributed by atoms with van der Waals surface area (Å²) in [5.74, 6) is 1.25. The van der Waals surface area contributed by atoms with E-state index >= 15 is 0 Å². The molecule has 2 rings (SSSR count). The number of hydrogen-bond donors (Lipinski definition) is 1. The van der Waals surface area contributed by atoms with E-state index in [1.807, 2.05) is 0 Å². The van der Waals surface area contributed by atoms with Gasteiger partial charge in [-0.1, -0.05) is 19.3 Å². The molecule has 1 heterocycles. The molecule has 0 radical (unpaired) electrons. The van der Waals surface area contributed by atoms with Gasteiger partial charge < -0.3 is 10.2 Å². The van der Waals surface area contributed by atoms with Gasteiger partial charge in [0.2, 0.25) is 0 Å². The molecule has 17 heavy (non-hydrogen) atoms. The van der Waals surface area contributed by atoms with Gasteiger partial charge in [-0.15, -0.1) is 0 Å². The molecule has 1 aliphatic heterocycles. The molecule has 3 nitrogen and oxygen atoms in total. The highest BCUT2D eigenvalue weighted by molar-refractivity contribution is 5.82. The molecule has 0 saturated heterocycles. The molecule has 0 aromatic carbocycles. The quantitative estimate of drug-likeness (QED) is 0.813. The Hall–Kier alpha value is -0.570. The topological polar surface area (TPSA) is 27.6 Å². The van der Waals surface area contributed by atoms with Gasteiger partial charge in [0.15, 0.2) is 0 Å². The zero-order valence-corrected chi connectivity index (χ0v) is 11.2. The molecule has 0 aromatic heterocycles. The van der Waals surface area contributed by atoms with Crippen LogP contribution in [0.25, 0.3) is 0 Å². The van der Waals surface area contributed by atoms with Gasteiger partial charge in [-0.3, -0.25) is 4.99 Å². The molecule has 1 fully saturated rings. The Morgan fingerprint density at radius 1 is 1.18 bits per heavy atom. The first-order valence-electron chi connectivity index (χ1n) is 7.34. The monoisotopic (exact) mass is 237 g/mol. The third-order valence-corrected chi connectivity index (χ3v) is 4.12. The largest absolute Gasteiger partial charge is 0.373 e. The maximum Gasteiger partial charge on any atom is 0.0963 e. The maximum atomic E-state index is 4.60. The van der Waals surface area contributed by atoms with Crippen molar-refractivity contribution in [3.8, 4) is 0 Å². The van der Waals surface area contributed by atoms with E-state index in [2.05, 4.69) is 22.3 Å². The van der Waals surface area contributed by atoms with Gasteiger partial charge in [-0.25, -0.2) is 0 Å². The first-order valence-corrected chi connectivity index (χ1v) is 7.34. The fourth-order valence-electron chi connectivity index (χ4n) is 2.92. The second-order valence-electron chi connectivity index (χ2n) is 5.48. The fourth-order valence-corrected chi connectivity index (χ4v) is 2.92. The van der Waals surface area contributed by atoms with Crippen molar-refractivity contribution in [1.29, 1.82) is 0 Å². The zero-order chi connectivity index (χ0) is 11.9. The van der Waals surface area contributed by atoms with Crippen molar-refractivity contribution in [3.05, 3.63) is 0 Å². The smallest absolute Gasteiger partial charge is 0.0963 e. The van der Waals surface area contributed by atoms with Crippen LogP contribution in [0, 0.1) is 0 Å². The SMILES string of the molecule is CN(CCNC1=NCCCCC1)C1CCCC1. The summed E-state index contributed by atoms with van der Waals surface area (Å²) in [5, 5.41) is 3.52. The van der Waals surface area contributed by atoms with E-state index in [1.165, 1.54) is 50.8 Å². The van der Waals surface area contributed by atoms with Gasteiger partial charge in [0.25, 0.3) is 0 Å². The molecule has 1 N–H and O–H groups in total. The van der Waals surface area contributed by atoms with Crippen molar-refractivity contribution in [1.82, 2.24) is 10.2 Å². The Kier molecular flexibility index (Phi) is 5.30. The number of aliphatic imine (C=N–C) groups is 1. The summed E-state index contributed by atoms with van der Waals surface area (Å²) in [6.45, 7) is 3.25. The van der Waals surface area contributed by atoms with Gasteiger partial charge in [0, 0.05) is 32.1 Å². The fraction of sp³-hybridized carbons (Fsp3) is 0.929. The van der Waals surface area contributed by atoms with Crippen LogP contribution in [0.4, 0.5) is 0 Å². The Morgan fingerprint density at radius 2 is 2.00 bits per heavy atom. The second kappa shape index (κ2) is 7.00. The Balaban J connectivity index is 1.62. The van der Waals surface area contributed by atoms with E-state index < -0.39 is 0 Å². The lowest BCUT2D eigenvalue weighted by Gasteiger charge is -2.24. The third kappa shape index (κ3) is 4.30. The molecule has 0 aromatic rings. The first kappa shape index (κ1) is 12.9. The van der Waals surface area contributed by atoms with E-state index in [9.17, 15) is 0 Å². The van der Waals surface area contributed by atoms with Crippen LogP contribution in [0.3, 0.4) is 0 Å². The van der Waals surface area contributed by atoms with Gasteiger partial charge in [-0.05, 0) is 32.7 Å². The summed E-state index contributed by atoms with van der Waals surface area (Å²) >= 11 is 0. The minimum absolute atomic E-state index is 0.841. The zero-order valence-electron chi connectivity index (χ0n) is 11.2. The average molecular weight is 237 g/mol. The standard InChI is InChI=1S/C14H27N3/c1-17(13-7-4-5-8-13)12-11-16-14-9-3-2-6-10-15-14/h13H,2-12H2,1H3,(H,15,16). The van der Waals surface area contributed by atoms with Crippen LogP contribution in [0.5, 0.6) is 0 Å². The van der Waals surface area contributed by atoms with Crippen molar-refractivity contribution in [2.75, 3.05) is 26.7 Å². The van der Waals surface area contributed by atoms with Crippen LogP contribution >= 0.6 is 0 Å². The highest BCUT2D eigenvalue weighted by atomic mass is 15.1. The number of likely N-dealkylation sites (N-methyl/N-ethyl adjacent to an activating group) is 1. The molecule has 0 amide bonds. The Labute approximate surface area is 106 Å². The number of hydrogen-bond acceptors (Lipinski definition) is 3. The van der Waals surface area contributed by atoms with Crippen LogP contribution in [0.1, 0.15) is 51.4 Å². The maximum absolute atomic E-state index is 4.60. The summed E-state index contributed by atoms with van der Waals surface area (Å²) in [5.41, 5.74) is 0. The number of nitrogens with zero attached hydrogens (tertiary/aromatic N) is 2. The molecule has 1 saturated carbocycles. The number of nitrogens with one attached hydrogen (secondary N) is 1. The lowest BCUT2D eigenvalue weighted by Crippen LogP contribution is -2.37. The highest BCUT2D eigenvalue weighted by Gasteiger charge is 2.18. The minimum Gasteiger partial charge on any atom is -0.373 e. The number of rotatable bonds is 4. The van der Waals surface area contributed by atoms with Crippen molar-refractivity contribution in [3.63, 3.8) is 0 Å². The van der Waals surface area contributed by atoms with E-state index in [4.69, 9.17) is 0 Å². The molecular weight excluding hydrogens is 210 g/mol. The van der Waals surface area contributed by atoms with Gasteiger partial charge in [0.05, 0.1) is 5.84 Å². The molecule has 98 valence electrons. The molecular formula is C14H27N3. The van der Waals surface area contributed by atoms with Crippen molar-refractivity contribution >= 4 is 5.84 Å². The lowest BCUT2D eigenvalue weighted by molar-refractivity contribution is 0.249. The van der Waals surface area contributed by atoms with Crippen LogP contribution in [0.15, 0.2) is 4.99 Å². The summed E-state index contributed by atoms with van der Waals surface area (Å²) < 4.78 is 0. The van der Waals surface area contributed by atoms with Crippen molar-refractivity contribution < 1.29 is 0 Å². The van der Waals surface area contributed by atoms with Crippen LogP contribution in [0.2, 0.25) is 0 Å². The average Bonchev–Trinajstić information content (AvgIpc) is 2.75. The predicted molar refractivity (Wildman–Crippen MR) is 73.7 cm³/mol. The summed E-state index contributed by atoms with van der Waals surface area (Å²) in [4.78, 5) is 7.13. The Morgan fingerprint density at radius 3 is 2.82 bits per heavy atom. The van der Waals surface area contributed by atoms with E-state index in [0.717, 1.165) is 32.1 Å². The highest BCUT2D eigenvalue weighted by Crippen LogP contribution is 2.21. The van der Waals surface area contributed by atoms with E-state index in [0.29, 0.717) is 0 Å². The molecule has 0 unspecified atom stereocenters. The molecule has 0 bridgehead atoms. The summed E-state index contributed by atoms with van der Waals surface area (Å²) in [7, 11) is 2.27. The van der Waals surface area contributed by atoms with E-state index in [-0.39, 0.29) is 0 Å². The van der Waals surface area contributed by atoms with Crippen molar-refractivity contribution in [2.24, 2.45) is 4.99 Å². The predicted octanol–water partition coefficient (Wildman–Crippen LogP) is 2.42. The van der Waals surface area contributed by atoms with Gasteiger partial charge >= 0.3 is 0 Å².